The number of carbonyl (C=O) groups excluding carboxylic acids is 2. The first kappa shape index (κ1) is 24.7. The van der Waals surface area contributed by atoms with Crippen LogP contribution in [0.15, 0.2) is 53.4 Å². The van der Waals surface area contributed by atoms with E-state index in [1.54, 1.807) is 11.6 Å². The van der Waals surface area contributed by atoms with Gasteiger partial charge in [-0.15, -0.1) is 0 Å². The molecule has 6 nitrogen and oxygen atoms in total. The fourth-order valence-corrected chi connectivity index (χ4v) is 4.04. The molecule has 33 heavy (non-hydrogen) atoms. The monoisotopic (exact) mass is 496 g/mol. The zero-order valence-corrected chi connectivity index (χ0v) is 19.4. The summed E-state index contributed by atoms with van der Waals surface area (Å²) in [5, 5.41) is 9.71. The lowest BCUT2D eigenvalue weighted by atomic mass is 10.2. The molecule has 0 fully saturated rings. The molecular weight excluding hydrogens is 477 g/mol. The van der Waals surface area contributed by atoms with Crippen molar-refractivity contribution in [3.05, 3.63) is 70.5 Å². The molecule has 1 aromatic heterocycles. The van der Waals surface area contributed by atoms with Crippen molar-refractivity contribution in [1.82, 2.24) is 9.78 Å². The first-order valence-corrected chi connectivity index (χ1v) is 10.9. The summed E-state index contributed by atoms with van der Waals surface area (Å²) in [5.74, 6) is -1.05. The molecule has 0 saturated carbocycles. The number of anilines is 2. The first-order valence-electron chi connectivity index (χ1n) is 9.74. The van der Waals surface area contributed by atoms with Crippen molar-refractivity contribution in [2.24, 2.45) is 0 Å². The molecule has 11 heteroatoms. The predicted molar refractivity (Wildman–Crippen MR) is 123 cm³/mol. The Labute approximate surface area is 197 Å². The van der Waals surface area contributed by atoms with Gasteiger partial charge in [-0.2, -0.15) is 18.3 Å². The number of amides is 2. The topological polar surface area (TPSA) is 76.0 Å². The summed E-state index contributed by atoms with van der Waals surface area (Å²) in [6, 6.07) is 11.1. The lowest BCUT2D eigenvalue weighted by Gasteiger charge is -2.16. The minimum atomic E-state index is -4.52. The lowest BCUT2D eigenvalue weighted by Crippen LogP contribution is -2.25. The lowest BCUT2D eigenvalue weighted by molar-refractivity contribution is -0.119. The van der Waals surface area contributed by atoms with E-state index in [9.17, 15) is 22.8 Å². The molecule has 1 atom stereocenters. The molecule has 0 bridgehead atoms. The number of nitrogens with zero attached hydrogens (tertiary/aromatic N) is 2. The van der Waals surface area contributed by atoms with Crippen molar-refractivity contribution in [2.45, 2.75) is 37.2 Å². The number of thioether (sulfide) groups is 1. The zero-order valence-electron chi connectivity index (χ0n) is 17.8. The molecule has 1 heterocycles. The molecule has 0 aliphatic carbocycles. The average Bonchev–Trinajstić information content (AvgIpc) is 3.06. The third-order valence-electron chi connectivity index (χ3n) is 4.63. The van der Waals surface area contributed by atoms with E-state index in [1.165, 1.54) is 42.5 Å². The number of halogens is 4. The summed E-state index contributed by atoms with van der Waals surface area (Å²) in [6.07, 6.45) is 0. The third kappa shape index (κ3) is 6.29. The molecule has 3 rings (SSSR count). The number of nitrogens with one attached hydrogen (secondary N) is 2. The average molecular weight is 497 g/mol. The number of aromatic nitrogens is 2. The van der Waals surface area contributed by atoms with Crippen LogP contribution in [0.5, 0.6) is 0 Å². The molecular formula is C22H20ClF3N4O2S. The van der Waals surface area contributed by atoms with Gasteiger partial charge in [0.25, 0.3) is 5.91 Å². The minimum absolute atomic E-state index is 0.118. The van der Waals surface area contributed by atoms with Crippen molar-refractivity contribution in [3.63, 3.8) is 0 Å². The number of aryl methyl sites for hydroxylation is 2. The molecule has 0 aliphatic heterocycles. The summed E-state index contributed by atoms with van der Waals surface area (Å²) < 4.78 is 39.9. The maximum Gasteiger partial charge on any atom is 0.446 e. The highest BCUT2D eigenvalue weighted by atomic mass is 35.5. The standard InChI is InChI=1S/C22H20ClF3N4O2S/c1-12-10-13(2)30(29-12)14(3)20(31)28-18-9-8-15(11-17(18)23)27-21(32)16-6-4-5-7-19(16)33-22(24,25)26/h4-11,14H,1-3H3,(H,27,32)(H,28,31). The summed E-state index contributed by atoms with van der Waals surface area (Å²) >= 11 is 5.91. The number of rotatable bonds is 6. The fourth-order valence-electron chi connectivity index (χ4n) is 3.15. The maximum absolute atomic E-state index is 12.8. The van der Waals surface area contributed by atoms with Gasteiger partial charge in [-0.3, -0.25) is 14.3 Å². The largest absolute Gasteiger partial charge is 0.446 e. The van der Waals surface area contributed by atoms with Crippen molar-refractivity contribution in [2.75, 3.05) is 10.6 Å². The van der Waals surface area contributed by atoms with Crippen LogP contribution in [0.25, 0.3) is 0 Å². The molecule has 1 unspecified atom stereocenters. The molecule has 0 spiro atoms. The number of alkyl halides is 3. The molecule has 2 N–H and O–H groups in total. The van der Waals surface area contributed by atoms with E-state index in [4.69, 9.17) is 11.6 Å². The van der Waals surface area contributed by atoms with Gasteiger partial charge in [-0.25, -0.2) is 0 Å². The SMILES string of the molecule is Cc1cc(C)n(C(C)C(=O)Nc2ccc(NC(=O)c3ccccc3SC(F)(F)F)cc2Cl)n1. The van der Waals surface area contributed by atoms with Gasteiger partial charge in [0.05, 0.1) is 22.0 Å². The van der Waals surface area contributed by atoms with Gasteiger partial charge in [0, 0.05) is 16.3 Å². The summed E-state index contributed by atoms with van der Waals surface area (Å²) in [7, 11) is 0. The van der Waals surface area contributed by atoms with Gasteiger partial charge < -0.3 is 10.6 Å². The number of hydrogen-bond donors (Lipinski definition) is 2. The zero-order chi connectivity index (χ0) is 24.3. The Morgan fingerprint density at radius 2 is 1.79 bits per heavy atom. The Balaban J connectivity index is 1.72. The van der Waals surface area contributed by atoms with Crippen molar-refractivity contribution in [1.29, 1.82) is 0 Å². The van der Waals surface area contributed by atoms with Crippen LogP contribution in [-0.4, -0.2) is 27.1 Å². The highest BCUT2D eigenvalue weighted by Gasteiger charge is 2.31. The molecule has 0 saturated heterocycles. The third-order valence-corrected chi connectivity index (χ3v) is 5.75. The van der Waals surface area contributed by atoms with E-state index in [0.29, 0.717) is 5.69 Å². The Kier molecular flexibility index (Phi) is 7.38. The summed E-state index contributed by atoms with van der Waals surface area (Å²) in [5.41, 5.74) is -2.43. The number of benzene rings is 2. The van der Waals surface area contributed by atoms with Crippen molar-refractivity contribution >= 4 is 46.6 Å². The second-order valence-electron chi connectivity index (χ2n) is 7.23. The number of hydrogen-bond acceptors (Lipinski definition) is 4. The highest BCUT2D eigenvalue weighted by Crippen LogP contribution is 2.38. The normalized spacial score (nSPS) is 12.3. The molecule has 2 amide bonds. The van der Waals surface area contributed by atoms with Gasteiger partial charge in [0.1, 0.15) is 6.04 Å². The van der Waals surface area contributed by atoms with Crippen LogP contribution >= 0.6 is 23.4 Å². The van der Waals surface area contributed by atoms with Crippen LogP contribution in [0.1, 0.15) is 34.7 Å². The van der Waals surface area contributed by atoms with Gasteiger partial charge in [0.15, 0.2) is 0 Å². The molecule has 2 aromatic carbocycles. The van der Waals surface area contributed by atoms with Crippen LogP contribution in [0.2, 0.25) is 5.02 Å². The van der Waals surface area contributed by atoms with E-state index in [-0.39, 0.29) is 38.8 Å². The quantitative estimate of drug-likeness (QED) is 0.397. The Bertz CT molecular complexity index is 1200. The maximum atomic E-state index is 12.8. The van der Waals surface area contributed by atoms with Gasteiger partial charge in [-0.1, -0.05) is 23.7 Å². The fraction of sp³-hybridized carbons (Fsp3) is 0.227. The van der Waals surface area contributed by atoms with Crippen molar-refractivity contribution in [3.8, 4) is 0 Å². The van der Waals surface area contributed by atoms with Crippen LogP contribution in [0.3, 0.4) is 0 Å². The van der Waals surface area contributed by atoms with Crippen molar-refractivity contribution < 1.29 is 22.8 Å². The minimum Gasteiger partial charge on any atom is -0.323 e. The molecule has 174 valence electrons. The Morgan fingerprint density at radius 3 is 2.39 bits per heavy atom. The van der Waals surface area contributed by atoms with E-state index in [1.807, 2.05) is 19.9 Å². The van der Waals surface area contributed by atoms with Crippen LogP contribution in [0, 0.1) is 13.8 Å². The van der Waals surface area contributed by atoms with E-state index >= 15 is 0 Å². The van der Waals surface area contributed by atoms with Gasteiger partial charge in [-0.05, 0) is 68.9 Å². The van der Waals surface area contributed by atoms with Crippen LogP contribution in [0.4, 0.5) is 24.5 Å². The second kappa shape index (κ2) is 9.88. The van der Waals surface area contributed by atoms with Crippen LogP contribution in [-0.2, 0) is 4.79 Å². The summed E-state index contributed by atoms with van der Waals surface area (Å²) in [6.45, 7) is 5.38. The highest BCUT2D eigenvalue weighted by molar-refractivity contribution is 8.00. The van der Waals surface area contributed by atoms with Gasteiger partial charge in [0.2, 0.25) is 5.91 Å². The Hall–Kier alpha value is -2.98. The van der Waals surface area contributed by atoms with Gasteiger partial charge >= 0.3 is 5.51 Å². The molecule has 0 radical (unpaired) electrons. The summed E-state index contributed by atoms with van der Waals surface area (Å²) in [4.78, 5) is 25.0. The smallest absolute Gasteiger partial charge is 0.323 e. The Morgan fingerprint density at radius 1 is 1.09 bits per heavy atom. The second-order valence-corrected chi connectivity index (χ2v) is 8.74. The predicted octanol–water partition coefficient (Wildman–Crippen LogP) is 6.22. The van der Waals surface area contributed by atoms with Crippen LogP contribution < -0.4 is 10.6 Å². The van der Waals surface area contributed by atoms with E-state index < -0.39 is 17.5 Å². The van der Waals surface area contributed by atoms with E-state index in [0.717, 1.165) is 11.4 Å². The first-order chi connectivity index (χ1) is 15.4. The van der Waals surface area contributed by atoms with E-state index in [2.05, 4.69) is 15.7 Å². The molecule has 0 aliphatic rings. The number of carbonyl (C=O) groups is 2. The molecule has 3 aromatic rings.